The second-order valence-electron chi connectivity index (χ2n) is 5.43. The fourth-order valence-corrected chi connectivity index (χ4v) is 2.40. The SMILES string of the molecule is CCCCC(=O)NC(Cc1ccc2ccccc2c1)C(=O)[O-].[Na+]. The zero-order chi connectivity index (χ0) is 15.9. The van der Waals surface area contributed by atoms with Crippen LogP contribution in [-0.2, 0) is 16.0 Å². The number of carboxylic acid groups (broad SMARTS) is 1. The number of fused-ring (bicyclic) bond motifs is 1. The van der Waals surface area contributed by atoms with Crippen molar-refractivity contribution in [2.75, 3.05) is 0 Å². The van der Waals surface area contributed by atoms with Crippen LogP contribution in [0, 0.1) is 0 Å². The van der Waals surface area contributed by atoms with Crippen molar-refractivity contribution in [3.63, 3.8) is 0 Å². The summed E-state index contributed by atoms with van der Waals surface area (Å²) >= 11 is 0. The molecular formula is C18H20NNaO3. The van der Waals surface area contributed by atoms with Crippen LogP contribution in [0.3, 0.4) is 0 Å². The average molecular weight is 321 g/mol. The Morgan fingerprint density at radius 1 is 1.13 bits per heavy atom. The van der Waals surface area contributed by atoms with Gasteiger partial charge < -0.3 is 15.2 Å². The third kappa shape index (κ3) is 5.98. The van der Waals surface area contributed by atoms with Gasteiger partial charge in [0.05, 0.1) is 12.0 Å². The number of carbonyl (C=O) groups is 2. The van der Waals surface area contributed by atoms with Gasteiger partial charge >= 0.3 is 29.6 Å². The molecule has 0 spiro atoms. The number of unbranched alkanes of at least 4 members (excludes halogenated alkanes) is 1. The predicted molar refractivity (Wildman–Crippen MR) is 84.1 cm³/mol. The zero-order valence-electron chi connectivity index (χ0n) is 13.7. The van der Waals surface area contributed by atoms with E-state index in [1.807, 2.05) is 49.4 Å². The van der Waals surface area contributed by atoms with E-state index in [0.29, 0.717) is 6.42 Å². The number of carboxylic acids is 1. The van der Waals surface area contributed by atoms with Crippen LogP contribution in [0.25, 0.3) is 10.8 Å². The molecule has 116 valence electrons. The van der Waals surface area contributed by atoms with Crippen molar-refractivity contribution in [3.05, 3.63) is 48.0 Å². The average Bonchev–Trinajstić information content (AvgIpc) is 2.52. The molecule has 0 aliphatic carbocycles. The van der Waals surface area contributed by atoms with Gasteiger partial charge in [-0.1, -0.05) is 55.8 Å². The number of carbonyl (C=O) groups excluding carboxylic acids is 2. The summed E-state index contributed by atoms with van der Waals surface area (Å²) in [6.45, 7) is 1.98. The number of rotatable bonds is 7. The Kier molecular flexibility index (Phi) is 8.31. The molecule has 1 amide bonds. The van der Waals surface area contributed by atoms with Crippen LogP contribution in [0.4, 0.5) is 0 Å². The Bertz CT molecular complexity index is 672. The molecule has 23 heavy (non-hydrogen) atoms. The largest absolute Gasteiger partial charge is 1.00 e. The van der Waals surface area contributed by atoms with Gasteiger partial charge in [0.15, 0.2) is 0 Å². The number of aliphatic carboxylic acids is 1. The molecule has 5 heteroatoms. The van der Waals surface area contributed by atoms with Crippen molar-refractivity contribution in [1.82, 2.24) is 5.32 Å². The Morgan fingerprint density at radius 3 is 2.48 bits per heavy atom. The first-order valence-corrected chi connectivity index (χ1v) is 7.58. The first kappa shape index (κ1) is 19.7. The molecule has 0 fully saturated rings. The van der Waals surface area contributed by atoms with Crippen LogP contribution < -0.4 is 40.0 Å². The van der Waals surface area contributed by atoms with Gasteiger partial charge in [-0.3, -0.25) is 4.79 Å². The van der Waals surface area contributed by atoms with Gasteiger partial charge in [0, 0.05) is 6.42 Å². The van der Waals surface area contributed by atoms with Gasteiger partial charge in [0.25, 0.3) is 0 Å². The van der Waals surface area contributed by atoms with Crippen molar-refractivity contribution < 1.29 is 44.3 Å². The van der Waals surface area contributed by atoms with Crippen LogP contribution >= 0.6 is 0 Å². The van der Waals surface area contributed by atoms with E-state index in [1.54, 1.807) is 0 Å². The third-order valence-corrected chi connectivity index (χ3v) is 3.63. The minimum atomic E-state index is -1.25. The van der Waals surface area contributed by atoms with E-state index >= 15 is 0 Å². The van der Waals surface area contributed by atoms with Gasteiger partial charge in [0.1, 0.15) is 0 Å². The summed E-state index contributed by atoms with van der Waals surface area (Å²) in [6, 6.07) is 12.7. The maximum absolute atomic E-state index is 11.7. The molecule has 2 aromatic rings. The summed E-state index contributed by atoms with van der Waals surface area (Å²) < 4.78 is 0. The van der Waals surface area contributed by atoms with Crippen molar-refractivity contribution in [1.29, 1.82) is 0 Å². The van der Waals surface area contributed by atoms with Gasteiger partial charge in [-0.05, 0) is 29.2 Å². The molecular weight excluding hydrogens is 301 g/mol. The van der Waals surface area contributed by atoms with Crippen LogP contribution in [0.5, 0.6) is 0 Å². The molecule has 0 aliphatic rings. The smallest absolute Gasteiger partial charge is 0.548 e. The number of nitrogens with one attached hydrogen (secondary N) is 1. The standard InChI is InChI=1S/C18H21NO3.Na/c1-2-3-8-17(20)19-16(18(21)22)12-13-9-10-14-6-4-5-7-15(14)11-13;/h4-7,9-11,16H,2-3,8,12H2,1H3,(H,19,20)(H,21,22);/q;+1/p-1. The first-order valence-electron chi connectivity index (χ1n) is 7.58. The molecule has 1 unspecified atom stereocenters. The molecule has 4 nitrogen and oxygen atoms in total. The number of amides is 1. The second kappa shape index (κ2) is 9.71. The van der Waals surface area contributed by atoms with Gasteiger partial charge in [-0.25, -0.2) is 0 Å². The van der Waals surface area contributed by atoms with E-state index in [-0.39, 0.29) is 41.9 Å². The maximum Gasteiger partial charge on any atom is 1.00 e. The molecule has 1 atom stereocenters. The van der Waals surface area contributed by atoms with Crippen molar-refractivity contribution >= 4 is 22.6 Å². The van der Waals surface area contributed by atoms with E-state index in [0.717, 1.165) is 29.2 Å². The van der Waals surface area contributed by atoms with Crippen LogP contribution in [0.1, 0.15) is 31.7 Å². The van der Waals surface area contributed by atoms with E-state index < -0.39 is 12.0 Å². The van der Waals surface area contributed by atoms with Crippen molar-refractivity contribution in [2.24, 2.45) is 0 Å². The summed E-state index contributed by atoms with van der Waals surface area (Å²) in [5.41, 5.74) is 0.865. The summed E-state index contributed by atoms with van der Waals surface area (Å²) in [4.78, 5) is 23.0. The quantitative estimate of drug-likeness (QED) is 0.652. The molecule has 0 radical (unpaired) electrons. The molecule has 0 heterocycles. The van der Waals surface area contributed by atoms with Crippen LogP contribution in [0.15, 0.2) is 42.5 Å². The minimum absolute atomic E-state index is 0. The monoisotopic (exact) mass is 321 g/mol. The van der Waals surface area contributed by atoms with Gasteiger partial charge in [0.2, 0.25) is 5.91 Å². The molecule has 2 aromatic carbocycles. The summed E-state index contributed by atoms with van der Waals surface area (Å²) in [7, 11) is 0. The van der Waals surface area contributed by atoms with Gasteiger partial charge in [-0.2, -0.15) is 0 Å². The van der Waals surface area contributed by atoms with Crippen molar-refractivity contribution in [2.45, 2.75) is 38.6 Å². The Hall–Kier alpha value is -1.36. The third-order valence-electron chi connectivity index (χ3n) is 3.63. The summed E-state index contributed by atoms with van der Waals surface area (Å²) in [5.74, 6) is -1.49. The summed E-state index contributed by atoms with van der Waals surface area (Å²) in [6.07, 6.45) is 2.22. The molecule has 2 rings (SSSR count). The molecule has 0 bridgehead atoms. The molecule has 1 N–H and O–H groups in total. The number of benzene rings is 2. The van der Waals surface area contributed by atoms with Crippen LogP contribution in [0.2, 0.25) is 0 Å². The number of hydrogen-bond donors (Lipinski definition) is 1. The predicted octanol–water partition coefficient (Wildman–Crippen LogP) is -1.19. The second-order valence-corrected chi connectivity index (χ2v) is 5.43. The van der Waals surface area contributed by atoms with E-state index in [9.17, 15) is 14.7 Å². The van der Waals surface area contributed by atoms with Gasteiger partial charge in [-0.15, -0.1) is 0 Å². The van der Waals surface area contributed by atoms with E-state index in [2.05, 4.69) is 5.32 Å². The summed E-state index contributed by atoms with van der Waals surface area (Å²) in [5, 5.41) is 15.9. The zero-order valence-corrected chi connectivity index (χ0v) is 15.7. The molecule has 0 saturated heterocycles. The Morgan fingerprint density at radius 2 is 1.83 bits per heavy atom. The maximum atomic E-state index is 11.7. The normalized spacial score (nSPS) is 11.5. The fraction of sp³-hybridized carbons (Fsp3) is 0.333. The van der Waals surface area contributed by atoms with Crippen molar-refractivity contribution in [3.8, 4) is 0 Å². The van der Waals surface area contributed by atoms with E-state index in [1.165, 1.54) is 0 Å². The Labute approximate surface area is 158 Å². The minimum Gasteiger partial charge on any atom is -0.548 e. The molecule has 0 saturated carbocycles. The first-order chi connectivity index (χ1) is 10.6. The van der Waals surface area contributed by atoms with Crippen LogP contribution in [-0.4, -0.2) is 17.9 Å². The number of hydrogen-bond acceptors (Lipinski definition) is 3. The topological polar surface area (TPSA) is 69.2 Å². The Balaban J connectivity index is 0.00000264. The molecule has 0 aliphatic heterocycles. The fourth-order valence-electron chi connectivity index (χ4n) is 2.40. The molecule has 0 aromatic heterocycles. The van der Waals surface area contributed by atoms with E-state index in [4.69, 9.17) is 0 Å².